The molecule has 2 nitrogen and oxygen atoms in total. The van der Waals surface area contributed by atoms with Crippen molar-refractivity contribution in [2.45, 2.75) is 51.0 Å². The van der Waals surface area contributed by atoms with Crippen LogP contribution in [-0.2, 0) is 5.41 Å². The molecule has 316 valence electrons. The van der Waals surface area contributed by atoms with Crippen molar-refractivity contribution < 1.29 is 0 Å². The van der Waals surface area contributed by atoms with Crippen LogP contribution in [0.15, 0.2) is 253 Å². The lowest BCUT2D eigenvalue weighted by Crippen LogP contribution is -2.39. The van der Waals surface area contributed by atoms with Crippen molar-refractivity contribution in [1.29, 1.82) is 0 Å². The molecule has 4 aliphatic rings. The fourth-order valence-electron chi connectivity index (χ4n) is 11.2. The van der Waals surface area contributed by atoms with Crippen molar-refractivity contribution in [3.05, 3.63) is 281 Å². The molecule has 0 fully saturated rings. The maximum Gasteiger partial charge on any atom is 0.0711 e. The van der Waals surface area contributed by atoms with Crippen LogP contribution < -0.4 is 9.80 Å². The van der Waals surface area contributed by atoms with Crippen LogP contribution in [0.3, 0.4) is 0 Å². The predicted octanol–water partition coefficient (Wildman–Crippen LogP) is 16.2. The zero-order valence-electron chi connectivity index (χ0n) is 37.3. The molecule has 0 amide bonds. The second-order valence-corrected chi connectivity index (χ2v) is 18.1. The minimum atomic E-state index is -0.579. The number of rotatable bonds is 10. The number of allylic oxidation sites excluding steroid dienone is 10. The summed E-state index contributed by atoms with van der Waals surface area (Å²) in [5.74, 6) is 0.466. The van der Waals surface area contributed by atoms with E-state index in [2.05, 4.69) is 254 Å². The molecule has 0 aliphatic heterocycles. The number of fused-ring (bicyclic) bond motifs is 2. The topological polar surface area (TPSA) is 6.48 Å². The van der Waals surface area contributed by atoms with E-state index in [-0.39, 0.29) is 6.04 Å². The fraction of sp³-hybridized carbons (Fsp3) is 0.143. The second kappa shape index (κ2) is 17.3. The van der Waals surface area contributed by atoms with E-state index in [0.29, 0.717) is 5.92 Å². The molecular weight excluding hydrogens is 785 g/mol. The number of anilines is 4. The molecule has 0 saturated carbocycles. The molecule has 0 bridgehead atoms. The quantitative estimate of drug-likeness (QED) is 0.135. The summed E-state index contributed by atoms with van der Waals surface area (Å²) in [7, 11) is 0. The molecule has 2 unspecified atom stereocenters. The van der Waals surface area contributed by atoms with Crippen LogP contribution in [0.1, 0.15) is 60.4 Å². The van der Waals surface area contributed by atoms with Crippen molar-refractivity contribution in [2.24, 2.45) is 5.92 Å². The van der Waals surface area contributed by atoms with Gasteiger partial charge in [0.2, 0.25) is 0 Å². The van der Waals surface area contributed by atoms with Gasteiger partial charge in [-0.3, -0.25) is 0 Å². The third-order valence-corrected chi connectivity index (χ3v) is 14.0. The molecule has 2 heteroatoms. The summed E-state index contributed by atoms with van der Waals surface area (Å²) in [6.07, 6.45) is 20.5. The third kappa shape index (κ3) is 7.24. The number of nitrogens with zero attached hydrogens (tertiary/aromatic N) is 2. The van der Waals surface area contributed by atoms with Crippen molar-refractivity contribution in [2.75, 3.05) is 9.80 Å². The first kappa shape index (κ1) is 40.4. The number of para-hydroxylation sites is 2. The van der Waals surface area contributed by atoms with E-state index in [0.717, 1.165) is 37.1 Å². The first-order valence-electron chi connectivity index (χ1n) is 23.3. The summed E-state index contributed by atoms with van der Waals surface area (Å²) < 4.78 is 0. The minimum Gasteiger partial charge on any atom is -0.337 e. The van der Waals surface area contributed by atoms with E-state index < -0.39 is 5.41 Å². The fourth-order valence-corrected chi connectivity index (χ4v) is 11.2. The Labute approximate surface area is 385 Å². The summed E-state index contributed by atoms with van der Waals surface area (Å²) in [5.41, 5.74) is 20.0. The van der Waals surface area contributed by atoms with Gasteiger partial charge in [0.1, 0.15) is 0 Å². The van der Waals surface area contributed by atoms with Crippen LogP contribution in [0.25, 0.3) is 16.7 Å². The summed E-state index contributed by atoms with van der Waals surface area (Å²) in [6, 6.07) is 69.7. The standard InChI is InChI=1S/C63H54N2/c1-45-41-57-61(59(43-45)64(53-29-17-7-18-30-53)55-37-33-49(34-38-55)47-21-9-3-10-22-47)62-58(63(57,51-25-13-5-14-26-51)52-27-15-6-16-28-52)42-46(2)44-60(62)65(54-31-19-8-20-32-54)56-39-35-50(36-40-56)48-23-11-4-12-24-48/h3-23,25-35,37-39,41-43,48,60H,24,36,40,44H2,1-2H3. The Bertz CT molecular complexity index is 2990. The highest BCUT2D eigenvalue weighted by Gasteiger charge is 2.52. The highest BCUT2D eigenvalue weighted by Crippen LogP contribution is 2.62. The maximum atomic E-state index is 2.72. The van der Waals surface area contributed by atoms with Gasteiger partial charge in [0.25, 0.3) is 0 Å². The van der Waals surface area contributed by atoms with E-state index >= 15 is 0 Å². The summed E-state index contributed by atoms with van der Waals surface area (Å²) in [5, 5.41) is 0. The van der Waals surface area contributed by atoms with Gasteiger partial charge in [-0.25, -0.2) is 0 Å². The molecule has 7 aromatic rings. The number of hydrogen-bond acceptors (Lipinski definition) is 2. The largest absolute Gasteiger partial charge is 0.337 e. The van der Waals surface area contributed by atoms with Gasteiger partial charge in [-0.15, -0.1) is 0 Å². The first-order valence-corrected chi connectivity index (χ1v) is 23.3. The molecule has 4 aliphatic carbocycles. The monoisotopic (exact) mass is 838 g/mol. The smallest absolute Gasteiger partial charge is 0.0711 e. The normalized spacial score (nSPS) is 18.3. The van der Waals surface area contributed by atoms with Gasteiger partial charge in [-0.2, -0.15) is 0 Å². The molecule has 0 saturated heterocycles. The Morgan fingerprint density at radius 1 is 0.554 bits per heavy atom. The molecule has 65 heavy (non-hydrogen) atoms. The van der Waals surface area contributed by atoms with Crippen molar-refractivity contribution in [1.82, 2.24) is 0 Å². The molecule has 0 radical (unpaired) electrons. The van der Waals surface area contributed by atoms with Gasteiger partial charge in [0.15, 0.2) is 0 Å². The predicted molar refractivity (Wildman–Crippen MR) is 274 cm³/mol. The lowest BCUT2D eigenvalue weighted by Gasteiger charge is -2.42. The average Bonchev–Trinajstić information content (AvgIpc) is 3.66. The van der Waals surface area contributed by atoms with Crippen molar-refractivity contribution in [3.63, 3.8) is 0 Å². The summed E-state index contributed by atoms with van der Waals surface area (Å²) in [6.45, 7) is 4.64. The van der Waals surface area contributed by atoms with Gasteiger partial charge in [-0.1, -0.05) is 193 Å². The average molecular weight is 839 g/mol. The van der Waals surface area contributed by atoms with Crippen LogP contribution in [-0.4, -0.2) is 6.04 Å². The Balaban J connectivity index is 1.20. The molecule has 0 N–H and O–H groups in total. The highest BCUT2D eigenvalue weighted by atomic mass is 15.2. The van der Waals surface area contributed by atoms with Crippen molar-refractivity contribution in [3.8, 4) is 11.1 Å². The van der Waals surface area contributed by atoms with E-state index in [1.807, 2.05) is 0 Å². The number of benzene rings is 7. The van der Waals surface area contributed by atoms with Gasteiger partial charge < -0.3 is 9.80 Å². The van der Waals surface area contributed by atoms with E-state index in [9.17, 15) is 0 Å². The zero-order chi connectivity index (χ0) is 43.7. The second-order valence-electron chi connectivity index (χ2n) is 18.1. The van der Waals surface area contributed by atoms with Crippen LogP contribution >= 0.6 is 0 Å². The molecule has 2 atom stereocenters. The maximum absolute atomic E-state index is 2.72. The zero-order valence-corrected chi connectivity index (χ0v) is 37.3. The lowest BCUT2D eigenvalue weighted by molar-refractivity contribution is 0.664. The molecular formula is C63H54N2. The molecule has 0 heterocycles. The molecule has 0 spiro atoms. The van der Waals surface area contributed by atoms with Gasteiger partial charge >= 0.3 is 0 Å². The highest BCUT2D eigenvalue weighted by molar-refractivity contribution is 6.00. The molecule has 0 aromatic heterocycles. The van der Waals surface area contributed by atoms with Gasteiger partial charge in [0.05, 0.1) is 17.1 Å². The van der Waals surface area contributed by atoms with Crippen molar-refractivity contribution >= 4 is 28.3 Å². The molecule has 7 aromatic carbocycles. The summed E-state index contributed by atoms with van der Waals surface area (Å²) in [4.78, 5) is 5.24. The Hall–Kier alpha value is -7.42. The Morgan fingerprint density at radius 2 is 1.14 bits per heavy atom. The molecule has 11 rings (SSSR count). The lowest BCUT2D eigenvalue weighted by atomic mass is 9.65. The van der Waals surface area contributed by atoms with E-state index in [1.165, 1.54) is 78.3 Å². The van der Waals surface area contributed by atoms with Crippen LogP contribution in [0.5, 0.6) is 0 Å². The third-order valence-electron chi connectivity index (χ3n) is 14.0. The van der Waals surface area contributed by atoms with Gasteiger partial charge in [-0.05, 0) is 133 Å². The van der Waals surface area contributed by atoms with E-state index in [1.54, 1.807) is 0 Å². The summed E-state index contributed by atoms with van der Waals surface area (Å²) >= 11 is 0. The van der Waals surface area contributed by atoms with Crippen LogP contribution in [0.2, 0.25) is 0 Å². The Morgan fingerprint density at radius 3 is 1.74 bits per heavy atom. The van der Waals surface area contributed by atoms with Gasteiger partial charge in [0, 0.05) is 34.2 Å². The van der Waals surface area contributed by atoms with E-state index in [4.69, 9.17) is 0 Å². The first-order chi connectivity index (χ1) is 32.1. The Kier molecular flexibility index (Phi) is 10.7. The number of aryl methyl sites for hydroxylation is 1. The van der Waals surface area contributed by atoms with Crippen LogP contribution in [0, 0.1) is 12.8 Å². The SMILES string of the molecule is CC1=CC2=C(c3c(N(c4ccccc4)c4ccc(-c5ccccc5)cc4)cc(C)cc3C2(c2ccccc2)c2ccccc2)C(N(C2=CC=C(C3C=CC=CC3)CC2)c2ccccc2)C1. The number of hydrogen-bond donors (Lipinski definition) is 0. The van der Waals surface area contributed by atoms with Crippen LogP contribution in [0.4, 0.5) is 22.7 Å². The minimum absolute atomic E-state index is 0.0173.